The zero-order valence-electron chi connectivity index (χ0n) is 24.5. The van der Waals surface area contributed by atoms with Crippen LogP contribution in [-0.2, 0) is 4.57 Å². The van der Waals surface area contributed by atoms with E-state index in [1.807, 2.05) is 0 Å². The standard InChI is InChI=1S/C21H19F24N.H3O4P/c1-8-4-3-5-11(2,6-12(26,27)16(34,35)20(42,43)18(38,39)14(30,31)9(22)23)46(8)7-13(28,29)17(36,37)21(44,45)19(40,41)15(32,33)10(24)25;1-5(2,3)4/h8-10H,3-7H2,1-2H3;(H3,1,2,3,4). The highest BCUT2D eigenvalue weighted by molar-refractivity contribution is 7.45. The topological polar surface area (TPSA) is 81.0 Å². The van der Waals surface area contributed by atoms with Gasteiger partial charge in [-0.1, -0.05) is 6.42 Å². The quantitative estimate of drug-likeness (QED) is 0.120. The maximum Gasteiger partial charge on any atom is 0.466 e. The van der Waals surface area contributed by atoms with Gasteiger partial charge in [-0.05, 0) is 26.7 Å². The van der Waals surface area contributed by atoms with Crippen molar-refractivity contribution in [3.63, 3.8) is 0 Å². The first kappa shape index (κ1) is 49.4. The molecule has 0 aliphatic carbocycles. The molecule has 0 aromatic heterocycles. The third-order valence-electron chi connectivity index (χ3n) is 7.42. The first-order chi connectivity index (χ1) is 21.8. The molecule has 0 bridgehead atoms. The van der Waals surface area contributed by atoms with Gasteiger partial charge in [0.05, 0.1) is 6.54 Å². The lowest BCUT2D eigenvalue weighted by atomic mass is 9.77. The maximum absolute atomic E-state index is 14.6. The van der Waals surface area contributed by atoms with Crippen LogP contribution in [0.25, 0.3) is 0 Å². The second-order valence-corrected chi connectivity index (χ2v) is 12.3. The first-order valence-electron chi connectivity index (χ1n) is 12.7. The first-order valence-corrected chi connectivity index (χ1v) is 14.3. The zero-order valence-corrected chi connectivity index (χ0v) is 25.4. The van der Waals surface area contributed by atoms with Crippen LogP contribution in [0, 0.1) is 0 Å². The van der Waals surface area contributed by atoms with Gasteiger partial charge in [-0.15, -0.1) is 0 Å². The summed E-state index contributed by atoms with van der Waals surface area (Å²) in [7, 11) is -4.64. The van der Waals surface area contributed by atoms with Crippen LogP contribution in [0.1, 0.15) is 39.5 Å². The summed E-state index contributed by atoms with van der Waals surface area (Å²) in [5.74, 6) is -76.5. The molecular formula is C21H22F24NO4P. The fraction of sp³-hybridized carbons (Fsp3) is 1.00. The Balaban J connectivity index is 0.00000464. The molecule has 51 heavy (non-hydrogen) atoms. The molecule has 1 aliphatic rings. The van der Waals surface area contributed by atoms with E-state index < -0.39 is 129 Å². The third kappa shape index (κ3) is 8.55. The van der Waals surface area contributed by atoms with Crippen LogP contribution in [-0.4, -0.2) is 110 Å². The minimum Gasteiger partial charge on any atom is -0.303 e. The van der Waals surface area contributed by atoms with E-state index in [-0.39, 0.29) is 6.92 Å². The van der Waals surface area contributed by atoms with Crippen molar-refractivity contribution in [3.05, 3.63) is 0 Å². The van der Waals surface area contributed by atoms with Gasteiger partial charge in [-0.2, -0.15) is 87.8 Å². The lowest BCUT2D eigenvalue weighted by Gasteiger charge is -2.52. The number of hydrogen-bond donors (Lipinski definition) is 3. The zero-order chi connectivity index (χ0) is 41.8. The Morgan fingerprint density at radius 3 is 1.20 bits per heavy atom. The molecule has 0 aromatic rings. The number of alkyl halides is 24. The number of halogens is 24. The van der Waals surface area contributed by atoms with Crippen LogP contribution in [0.3, 0.4) is 0 Å². The van der Waals surface area contributed by atoms with Gasteiger partial charge in [0.15, 0.2) is 0 Å². The van der Waals surface area contributed by atoms with Gasteiger partial charge in [0.1, 0.15) is 0 Å². The molecule has 30 heteroatoms. The second kappa shape index (κ2) is 14.2. The van der Waals surface area contributed by atoms with Gasteiger partial charge < -0.3 is 14.7 Å². The Morgan fingerprint density at radius 1 is 0.608 bits per heavy atom. The fourth-order valence-electron chi connectivity index (χ4n) is 4.60. The minimum atomic E-state index is -8.11. The summed E-state index contributed by atoms with van der Waals surface area (Å²) in [6.45, 7) is -2.80. The number of nitrogens with zero attached hydrogens (tertiary/aromatic N) is 1. The molecule has 2 unspecified atom stereocenters. The maximum atomic E-state index is 14.6. The highest BCUT2D eigenvalue weighted by Crippen LogP contribution is 2.61. The molecule has 0 spiro atoms. The minimum absolute atomic E-state index is 0.00259. The second-order valence-electron chi connectivity index (χ2n) is 11.3. The van der Waals surface area contributed by atoms with Crippen LogP contribution in [0.5, 0.6) is 0 Å². The van der Waals surface area contributed by atoms with E-state index in [0.29, 0.717) is 6.92 Å². The van der Waals surface area contributed by atoms with Crippen molar-refractivity contribution in [1.82, 2.24) is 4.90 Å². The smallest absolute Gasteiger partial charge is 0.303 e. The van der Waals surface area contributed by atoms with Gasteiger partial charge in [0.25, 0.3) is 0 Å². The molecule has 1 saturated heterocycles. The van der Waals surface area contributed by atoms with Crippen molar-refractivity contribution >= 4 is 7.82 Å². The van der Waals surface area contributed by atoms with Crippen molar-refractivity contribution in [2.75, 3.05) is 6.54 Å². The summed E-state index contributed by atoms with van der Waals surface area (Å²) < 4.78 is 335. The monoisotopic (exact) mass is 839 g/mol. The third-order valence-corrected chi connectivity index (χ3v) is 7.42. The van der Waals surface area contributed by atoms with Gasteiger partial charge in [0.2, 0.25) is 0 Å². The number of piperidine rings is 1. The molecule has 0 aromatic carbocycles. The van der Waals surface area contributed by atoms with Crippen molar-refractivity contribution in [2.45, 2.75) is 123 Å². The molecule has 0 saturated carbocycles. The number of rotatable bonds is 14. The SMILES string of the molecule is CC1CCCC(C)(CC(F)(F)C(F)(F)C(F)(F)C(F)(F)C(F)(F)C(F)F)N1CC(F)(F)C(F)(F)C(F)(F)C(F)(F)C(F)(F)C(F)F.O=P(O)(O)O. The van der Waals surface area contributed by atoms with Gasteiger partial charge >= 0.3 is 79.9 Å². The molecule has 1 aliphatic heterocycles. The Bertz CT molecular complexity index is 1230. The average molecular weight is 839 g/mol. The summed E-state index contributed by atoms with van der Waals surface area (Å²) in [6, 6.07) is -2.05. The lowest BCUT2D eigenvalue weighted by molar-refractivity contribution is -0.417. The van der Waals surface area contributed by atoms with Crippen molar-refractivity contribution in [3.8, 4) is 0 Å². The van der Waals surface area contributed by atoms with Crippen LogP contribution >= 0.6 is 7.82 Å². The predicted octanol–water partition coefficient (Wildman–Crippen LogP) is 8.96. The Hall–Kier alpha value is -1.61. The highest BCUT2D eigenvalue weighted by Gasteiger charge is 2.89. The summed E-state index contributed by atoms with van der Waals surface area (Å²) in [6.07, 6.45) is -17.7. The predicted molar refractivity (Wildman–Crippen MR) is 119 cm³/mol. The van der Waals surface area contributed by atoms with Crippen LogP contribution in [0.15, 0.2) is 0 Å². The molecule has 0 radical (unpaired) electrons. The van der Waals surface area contributed by atoms with E-state index in [4.69, 9.17) is 19.2 Å². The Labute approximate surface area is 268 Å². The van der Waals surface area contributed by atoms with Gasteiger partial charge in [0, 0.05) is 18.0 Å². The van der Waals surface area contributed by atoms with Crippen molar-refractivity contribution < 1.29 is 125 Å². The van der Waals surface area contributed by atoms with E-state index in [1.54, 1.807) is 0 Å². The van der Waals surface area contributed by atoms with E-state index >= 15 is 0 Å². The molecule has 1 heterocycles. The molecule has 5 nitrogen and oxygen atoms in total. The average Bonchev–Trinajstić information content (AvgIpc) is 2.88. The molecule has 1 fully saturated rings. The largest absolute Gasteiger partial charge is 0.466 e. The molecule has 3 N–H and O–H groups in total. The van der Waals surface area contributed by atoms with Gasteiger partial charge in [-0.3, -0.25) is 4.90 Å². The fourth-order valence-corrected chi connectivity index (χ4v) is 4.60. The van der Waals surface area contributed by atoms with Gasteiger partial charge in [-0.25, -0.2) is 22.1 Å². The highest BCUT2D eigenvalue weighted by atomic mass is 31.2. The Kier molecular flexibility index (Phi) is 13.8. The Morgan fingerprint density at radius 2 is 0.902 bits per heavy atom. The number of likely N-dealkylation sites (tertiary alicyclic amines) is 1. The molecule has 0 amide bonds. The van der Waals surface area contributed by atoms with E-state index in [2.05, 4.69) is 0 Å². The van der Waals surface area contributed by atoms with Crippen LogP contribution in [0.2, 0.25) is 0 Å². The van der Waals surface area contributed by atoms with Crippen molar-refractivity contribution in [2.24, 2.45) is 0 Å². The van der Waals surface area contributed by atoms with E-state index in [1.165, 1.54) is 0 Å². The van der Waals surface area contributed by atoms with Crippen LogP contribution in [0.4, 0.5) is 105 Å². The summed E-state index contributed by atoms with van der Waals surface area (Å²) in [5, 5.41) is 0. The van der Waals surface area contributed by atoms with Crippen LogP contribution < -0.4 is 0 Å². The van der Waals surface area contributed by atoms with E-state index in [0.717, 1.165) is 0 Å². The van der Waals surface area contributed by atoms with Crippen molar-refractivity contribution in [1.29, 1.82) is 0 Å². The summed E-state index contributed by atoms with van der Waals surface area (Å²) >= 11 is 0. The lowest BCUT2D eigenvalue weighted by Crippen LogP contribution is -2.72. The van der Waals surface area contributed by atoms with E-state index in [9.17, 15) is 105 Å². The molecule has 1 rings (SSSR count). The molecule has 2 atom stereocenters. The number of phosphoric acid groups is 1. The molecule has 308 valence electrons. The summed E-state index contributed by atoms with van der Waals surface area (Å²) in [4.78, 5) is 20.9. The number of hydrogen-bond acceptors (Lipinski definition) is 2. The summed E-state index contributed by atoms with van der Waals surface area (Å²) in [5.41, 5.74) is -3.49. The molecular weight excluding hydrogens is 817 g/mol. The normalized spacial score (nSPS) is 22.0.